The highest BCUT2D eigenvalue weighted by molar-refractivity contribution is 7.92. The molecule has 138 valence electrons. The normalized spacial score (nSPS) is 15.9. The minimum absolute atomic E-state index is 0.0845. The van der Waals surface area contributed by atoms with Crippen molar-refractivity contribution in [2.24, 2.45) is 0 Å². The molecular formula is C20H24N2O3S. The van der Waals surface area contributed by atoms with E-state index in [0.29, 0.717) is 18.7 Å². The first-order chi connectivity index (χ1) is 12.4. The van der Waals surface area contributed by atoms with Crippen LogP contribution in [0.1, 0.15) is 44.6 Å². The van der Waals surface area contributed by atoms with Crippen LogP contribution in [-0.4, -0.2) is 20.9 Å². The Morgan fingerprint density at radius 2 is 1.81 bits per heavy atom. The first kappa shape index (κ1) is 18.5. The first-order valence-corrected chi connectivity index (χ1v) is 10.4. The molecule has 1 fully saturated rings. The van der Waals surface area contributed by atoms with E-state index in [1.165, 1.54) is 0 Å². The summed E-state index contributed by atoms with van der Waals surface area (Å²) in [7, 11) is -3.68. The average Bonchev–Trinajstić information content (AvgIpc) is 3.07. The van der Waals surface area contributed by atoms with E-state index in [4.69, 9.17) is 0 Å². The molecule has 6 heteroatoms. The maximum Gasteiger partial charge on any atom is 0.261 e. The van der Waals surface area contributed by atoms with Gasteiger partial charge in [0.1, 0.15) is 0 Å². The molecule has 0 unspecified atom stereocenters. The molecule has 0 aromatic heterocycles. The van der Waals surface area contributed by atoms with Gasteiger partial charge in [0.25, 0.3) is 10.0 Å². The number of hydrogen-bond acceptors (Lipinski definition) is 3. The van der Waals surface area contributed by atoms with Gasteiger partial charge in [0.15, 0.2) is 0 Å². The Morgan fingerprint density at radius 3 is 2.42 bits per heavy atom. The molecule has 26 heavy (non-hydrogen) atoms. The molecule has 2 aromatic rings. The molecule has 2 aromatic carbocycles. The predicted molar refractivity (Wildman–Crippen MR) is 104 cm³/mol. The molecule has 0 saturated carbocycles. The van der Waals surface area contributed by atoms with E-state index in [9.17, 15) is 13.2 Å². The minimum atomic E-state index is -3.68. The second kappa shape index (κ2) is 7.50. The number of para-hydroxylation sites is 1. The smallest absolute Gasteiger partial charge is 0.261 e. The van der Waals surface area contributed by atoms with Gasteiger partial charge in [0.2, 0.25) is 5.91 Å². The lowest BCUT2D eigenvalue weighted by molar-refractivity contribution is -0.117. The molecule has 1 aliphatic heterocycles. The Morgan fingerprint density at radius 1 is 1.12 bits per heavy atom. The summed E-state index contributed by atoms with van der Waals surface area (Å²) in [6, 6.07) is 14.0. The second-order valence-corrected chi connectivity index (χ2v) is 8.33. The number of nitrogens with zero attached hydrogens (tertiary/aromatic N) is 1. The van der Waals surface area contributed by atoms with Crippen LogP contribution in [0.15, 0.2) is 53.4 Å². The predicted octanol–water partition coefficient (Wildman–Crippen LogP) is 4.13. The van der Waals surface area contributed by atoms with Crippen LogP contribution in [0, 0.1) is 0 Å². The minimum Gasteiger partial charge on any atom is -0.312 e. The van der Waals surface area contributed by atoms with Gasteiger partial charge < -0.3 is 4.90 Å². The van der Waals surface area contributed by atoms with Crippen molar-refractivity contribution in [1.29, 1.82) is 0 Å². The fourth-order valence-electron chi connectivity index (χ4n) is 3.17. The van der Waals surface area contributed by atoms with Gasteiger partial charge in [-0.05, 0) is 54.7 Å². The third kappa shape index (κ3) is 3.75. The molecule has 0 radical (unpaired) electrons. The third-order valence-corrected chi connectivity index (χ3v) is 6.26. The van der Waals surface area contributed by atoms with E-state index in [1.807, 2.05) is 18.2 Å². The summed E-state index contributed by atoms with van der Waals surface area (Å²) in [4.78, 5) is 13.7. The number of sulfonamides is 1. The van der Waals surface area contributed by atoms with Gasteiger partial charge in [0, 0.05) is 18.7 Å². The number of carbonyl (C=O) groups excluding carboxylic acids is 1. The molecule has 1 atom stereocenters. The van der Waals surface area contributed by atoms with E-state index >= 15 is 0 Å². The Labute approximate surface area is 155 Å². The van der Waals surface area contributed by atoms with Crippen molar-refractivity contribution in [1.82, 2.24) is 0 Å². The number of hydrogen-bond donors (Lipinski definition) is 1. The zero-order valence-electron chi connectivity index (χ0n) is 15.1. The number of amides is 1. The molecule has 1 N–H and O–H groups in total. The van der Waals surface area contributed by atoms with Gasteiger partial charge in [-0.3, -0.25) is 9.52 Å². The number of anilines is 2. The molecule has 3 rings (SSSR count). The van der Waals surface area contributed by atoms with E-state index in [0.717, 1.165) is 24.1 Å². The lowest BCUT2D eigenvalue weighted by Crippen LogP contribution is -2.23. The van der Waals surface area contributed by atoms with Crippen molar-refractivity contribution in [3.8, 4) is 0 Å². The fraction of sp³-hybridized carbons (Fsp3) is 0.350. The summed E-state index contributed by atoms with van der Waals surface area (Å²) in [5, 5.41) is 0. The Kier molecular flexibility index (Phi) is 5.32. The maximum atomic E-state index is 12.8. The summed E-state index contributed by atoms with van der Waals surface area (Å²) >= 11 is 0. The summed E-state index contributed by atoms with van der Waals surface area (Å²) in [5.41, 5.74) is 2.34. The van der Waals surface area contributed by atoms with Gasteiger partial charge in [0.05, 0.1) is 10.6 Å². The molecule has 1 amide bonds. The van der Waals surface area contributed by atoms with Crippen molar-refractivity contribution in [3.05, 3.63) is 54.1 Å². The molecule has 5 nitrogen and oxygen atoms in total. The number of rotatable bonds is 6. The lowest BCUT2D eigenvalue weighted by Gasteiger charge is -2.18. The van der Waals surface area contributed by atoms with Crippen molar-refractivity contribution < 1.29 is 13.2 Å². The molecule has 1 saturated heterocycles. The van der Waals surface area contributed by atoms with E-state index in [-0.39, 0.29) is 16.7 Å². The molecular weight excluding hydrogens is 348 g/mol. The van der Waals surface area contributed by atoms with Crippen molar-refractivity contribution in [2.75, 3.05) is 16.2 Å². The SMILES string of the molecule is CC[C@@H](C)c1ccccc1NS(=O)(=O)c1ccc(N2CCCC2=O)cc1. The average molecular weight is 372 g/mol. The molecule has 1 heterocycles. The van der Waals surface area contributed by atoms with Crippen molar-refractivity contribution in [3.63, 3.8) is 0 Å². The van der Waals surface area contributed by atoms with Gasteiger partial charge in [-0.2, -0.15) is 0 Å². The van der Waals surface area contributed by atoms with E-state index < -0.39 is 10.0 Å². The van der Waals surface area contributed by atoms with Crippen molar-refractivity contribution in [2.45, 2.75) is 43.9 Å². The summed E-state index contributed by atoms with van der Waals surface area (Å²) in [5.74, 6) is 0.346. The maximum absolute atomic E-state index is 12.8. The van der Waals surface area contributed by atoms with Crippen molar-refractivity contribution >= 4 is 27.3 Å². The largest absolute Gasteiger partial charge is 0.312 e. The highest BCUT2D eigenvalue weighted by Crippen LogP contribution is 2.29. The van der Waals surface area contributed by atoms with Crippen LogP contribution in [0.3, 0.4) is 0 Å². The quantitative estimate of drug-likeness (QED) is 0.829. The van der Waals surface area contributed by atoms with Crippen LogP contribution in [0.2, 0.25) is 0 Å². The first-order valence-electron chi connectivity index (χ1n) is 8.94. The van der Waals surface area contributed by atoms with Gasteiger partial charge >= 0.3 is 0 Å². The molecule has 0 spiro atoms. The molecule has 0 aliphatic carbocycles. The van der Waals surface area contributed by atoms with Crippen LogP contribution in [-0.2, 0) is 14.8 Å². The topological polar surface area (TPSA) is 66.5 Å². The Hall–Kier alpha value is -2.34. The highest BCUT2D eigenvalue weighted by atomic mass is 32.2. The molecule has 0 bridgehead atoms. The summed E-state index contributed by atoms with van der Waals surface area (Å²) in [6.45, 7) is 4.84. The second-order valence-electron chi connectivity index (χ2n) is 6.64. The van der Waals surface area contributed by atoms with E-state index in [1.54, 1.807) is 35.2 Å². The third-order valence-electron chi connectivity index (χ3n) is 4.88. The monoisotopic (exact) mass is 372 g/mol. The van der Waals surface area contributed by atoms with Crippen LogP contribution in [0.4, 0.5) is 11.4 Å². The van der Waals surface area contributed by atoms with Gasteiger partial charge in [-0.15, -0.1) is 0 Å². The van der Waals surface area contributed by atoms with Crippen LogP contribution in [0.25, 0.3) is 0 Å². The summed E-state index contributed by atoms with van der Waals surface area (Å²) in [6.07, 6.45) is 2.32. The number of benzene rings is 2. The van der Waals surface area contributed by atoms with Crippen LogP contribution in [0.5, 0.6) is 0 Å². The number of carbonyl (C=O) groups is 1. The van der Waals surface area contributed by atoms with Crippen LogP contribution >= 0.6 is 0 Å². The zero-order chi connectivity index (χ0) is 18.7. The van der Waals surface area contributed by atoms with E-state index in [2.05, 4.69) is 18.6 Å². The zero-order valence-corrected chi connectivity index (χ0v) is 15.9. The highest BCUT2D eigenvalue weighted by Gasteiger charge is 2.23. The molecule has 1 aliphatic rings. The van der Waals surface area contributed by atoms with Crippen LogP contribution < -0.4 is 9.62 Å². The van der Waals surface area contributed by atoms with Gasteiger partial charge in [-0.1, -0.05) is 32.0 Å². The lowest BCUT2D eigenvalue weighted by atomic mass is 9.97. The summed E-state index contributed by atoms with van der Waals surface area (Å²) < 4.78 is 28.2. The fourth-order valence-corrected chi connectivity index (χ4v) is 4.26. The Bertz CT molecular complexity index is 892. The Balaban J connectivity index is 1.84. The van der Waals surface area contributed by atoms with Gasteiger partial charge in [-0.25, -0.2) is 8.42 Å². The number of nitrogens with one attached hydrogen (secondary N) is 1. The standard InChI is InChI=1S/C20H24N2O3S/c1-3-15(2)18-7-4-5-8-19(18)21-26(24,25)17-12-10-16(11-13-17)22-14-6-9-20(22)23/h4-5,7-8,10-13,15,21H,3,6,9,14H2,1-2H3/t15-/m1/s1.